The van der Waals surface area contributed by atoms with Crippen molar-refractivity contribution in [3.8, 4) is 0 Å². The zero-order valence-corrected chi connectivity index (χ0v) is 20.3. The average Bonchev–Trinajstić information content (AvgIpc) is 3.39. The number of hydrogen-bond acceptors (Lipinski definition) is 7. The Kier molecular flexibility index (Phi) is 6.84. The molecular formula is C22H29F6N5O4. The van der Waals surface area contributed by atoms with Crippen LogP contribution >= 0.6 is 0 Å². The molecule has 0 radical (unpaired) electrons. The van der Waals surface area contributed by atoms with Crippen LogP contribution in [0.15, 0.2) is 11.9 Å². The summed E-state index contributed by atoms with van der Waals surface area (Å²) in [5.74, 6) is 0.592. The summed E-state index contributed by atoms with van der Waals surface area (Å²) < 4.78 is 81.9. The van der Waals surface area contributed by atoms with Crippen molar-refractivity contribution in [2.24, 2.45) is 0 Å². The summed E-state index contributed by atoms with van der Waals surface area (Å²) >= 11 is 0. The number of nitrogens with one attached hydrogen (secondary N) is 1. The highest BCUT2D eigenvalue weighted by Gasteiger charge is 2.60. The highest BCUT2D eigenvalue weighted by Crippen LogP contribution is 2.40. The number of nitrogens with zero attached hydrogens (tertiary/aromatic N) is 4. The van der Waals surface area contributed by atoms with Crippen LogP contribution in [0.4, 0.5) is 31.1 Å². The lowest BCUT2D eigenvalue weighted by atomic mass is 9.89. The van der Waals surface area contributed by atoms with E-state index in [9.17, 15) is 41.4 Å². The van der Waals surface area contributed by atoms with Gasteiger partial charge in [0.15, 0.2) is 5.76 Å². The second-order valence-corrected chi connectivity index (χ2v) is 10.1. The highest BCUT2D eigenvalue weighted by molar-refractivity contribution is 5.68. The van der Waals surface area contributed by atoms with E-state index in [2.05, 4.69) is 15.0 Å². The van der Waals surface area contributed by atoms with Gasteiger partial charge in [0.25, 0.3) is 6.10 Å². The number of aliphatic hydroxyl groups is 2. The third-order valence-electron chi connectivity index (χ3n) is 7.11. The number of carbonyl (C=O) groups is 1. The molecule has 0 bridgehead atoms. The Morgan fingerprint density at radius 3 is 2.22 bits per heavy atom. The normalized spacial score (nSPS) is 22.4. The number of piperidine rings is 1. The number of alkyl halides is 6. The number of amides is 1. The first kappa shape index (κ1) is 27.4. The minimum absolute atomic E-state index is 0.111. The minimum atomic E-state index is -5.78. The lowest BCUT2D eigenvalue weighted by molar-refractivity contribution is -0.308. The van der Waals surface area contributed by atoms with Gasteiger partial charge in [-0.05, 0) is 39.5 Å². The molecule has 3 N–H and O–H groups in total. The van der Waals surface area contributed by atoms with Gasteiger partial charge in [-0.2, -0.15) is 26.3 Å². The van der Waals surface area contributed by atoms with Crippen molar-refractivity contribution in [1.82, 2.24) is 24.7 Å². The summed E-state index contributed by atoms with van der Waals surface area (Å²) in [5, 5.41) is 24.3. The maximum atomic E-state index is 12.7. The highest BCUT2D eigenvalue weighted by atomic mass is 19.4. The van der Waals surface area contributed by atoms with Crippen molar-refractivity contribution in [1.29, 1.82) is 0 Å². The molecule has 1 aliphatic carbocycles. The molecule has 9 nitrogen and oxygen atoms in total. The van der Waals surface area contributed by atoms with Gasteiger partial charge in [0, 0.05) is 37.9 Å². The number of rotatable bonds is 5. The second-order valence-electron chi connectivity index (χ2n) is 10.1. The molecule has 15 heteroatoms. The number of halogens is 6. The number of imidazole rings is 1. The predicted molar refractivity (Wildman–Crippen MR) is 117 cm³/mol. The molecule has 0 atom stereocenters. The van der Waals surface area contributed by atoms with E-state index in [1.165, 1.54) is 0 Å². The number of aliphatic hydroxyl groups excluding tert-OH is 1. The maximum absolute atomic E-state index is 12.7. The van der Waals surface area contributed by atoms with E-state index < -0.39 is 35.8 Å². The van der Waals surface area contributed by atoms with Crippen molar-refractivity contribution in [3.05, 3.63) is 23.4 Å². The van der Waals surface area contributed by atoms with Crippen molar-refractivity contribution >= 4 is 11.9 Å². The maximum Gasteiger partial charge on any atom is 0.434 e. The van der Waals surface area contributed by atoms with Gasteiger partial charge in [-0.1, -0.05) is 0 Å². The molecule has 208 valence electrons. The third kappa shape index (κ3) is 5.92. The van der Waals surface area contributed by atoms with Crippen LogP contribution < -0.4 is 5.32 Å². The van der Waals surface area contributed by atoms with Gasteiger partial charge in [-0.15, -0.1) is 0 Å². The van der Waals surface area contributed by atoms with E-state index in [4.69, 9.17) is 0 Å². The van der Waals surface area contributed by atoms with Gasteiger partial charge in [0.05, 0.1) is 12.2 Å². The van der Waals surface area contributed by atoms with E-state index in [1.807, 2.05) is 9.47 Å². The van der Waals surface area contributed by atoms with Crippen LogP contribution in [0.5, 0.6) is 0 Å². The van der Waals surface area contributed by atoms with Gasteiger partial charge in [-0.25, -0.2) is 9.78 Å². The molecule has 2 fully saturated rings. The fourth-order valence-electron chi connectivity index (χ4n) is 4.66. The number of ether oxygens (including phenoxy) is 1. The molecule has 0 spiro atoms. The lowest BCUT2D eigenvalue weighted by Crippen LogP contribution is -2.54. The Morgan fingerprint density at radius 1 is 1.08 bits per heavy atom. The van der Waals surface area contributed by atoms with Crippen LogP contribution in [0.3, 0.4) is 0 Å². The molecule has 1 saturated heterocycles. The third-order valence-corrected chi connectivity index (χ3v) is 7.11. The summed E-state index contributed by atoms with van der Waals surface area (Å²) in [6.45, 7) is 4.82. The standard InChI is InChI=1S/C22H29F6N5O4/c1-13(16(34)14-11-32-9-10-33(12-15(32)29-14)20(36)3-4-20)30-19(2)5-7-31(8-6-19)18(35)37-17(21(23,24)25)22(26,27)28/h11,17,30,34,36H,3-10,12H2,1-2H3/b16-13+. The van der Waals surface area contributed by atoms with E-state index in [-0.39, 0.29) is 31.7 Å². The molecule has 1 aromatic rings. The first-order valence-corrected chi connectivity index (χ1v) is 11.8. The van der Waals surface area contributed by atoms with E-state index in [0.717, 1.165) is 4.90 Å². The van der Waals surface area contributed by atoms with Gasteiger partial charge in [0.1, 0.15) is 17.2 Å². The van der Waals surface area contributed by atoms with Crippen LogP contribution in [0.2, 0.25) is 0 Å². The monoisotopic (exact) mass is 541 g/mol. The Labute approximate surface area is 208 Å². The summed E-state index contributed by atoms with van der Waals surface area (Å²) in [5.41, 5.74) is -0.767. The first-order chi connectivity index (χ1) is 17.0. The quantitative estimate of drug-likeness (QED) is 0.387. The molecular weight excluding hydrogens is 512 g/mol. The van der Waals surface area contributed by atoms with Gasteiger partial charge in [0.2, 0.25) is 0 Å². The molecule has 1 saturated carbocycles. The Bertz CT molecular complexity index is 1040. The van der Waals surface area contributed by atoms with Crippen LogP contribution in [-0.2, 0) is 17.8 Å². The van der Waals surface area contributed by atoms with Gasteiger partial charge < -0.3 is 29.7 Å². The SMILES string of the molecule is C/C(NC1(C)CCN(C(=O)OC(C(F)(F)F)C(F)(F)F)CC1)=C(\O)c1cn2c(n1)CN(C1(O)CC1)CC2. The number of fused-ring (bicyclic) bond motifs is 1. The minimum Gasteiger partial charge on any atom is -0.504 e. The van der Waals surface area contributed by atoms with E-state index in [1.54, 1.807) is 20.0 Å². The van der Waals surface area contributed by atoms with Crippen molar-refractivity contribution in [2.45, 2.75) is 82.3 Å². The number of carbonyl (C=O) groups excluding carboxylic acids is 1. The smallest absolute Gasteiger partial charge is 0.434 e. The topological polar surface area (TPSA) is 103 Å². The molecule has 0 aromatic carbocycles. The largest absolute Gasteiger partial charge is 0.504 e. The first-order valence-electron chi connectivity index (χ1n) is 11.8. The summed E-state index contributed by atoms with van der Waals surface area (Å²) in [6, 6.07) is 0. The van der Waals surface area contributed by atoms with Crippen molar-refractivity contribution in [2.75, 3.05) is 19.6 Å². The zero-order chi connectivity index (χ0) is 27.4. The number of allylic oxidation sites excluding steroid dienone is 1. The van der Waals surface area contributed by atoms with Crippen LogP contribution in [0.25, 0.3) is 5.76 Å². The fourth-order valence-corrected chi connectivity index (χ4v) is 4.66. The number of hydrogen-bond donors (Lipinski definition) is 3. The van der Waals surface area contributed by atoms with Crippen molar-refractivity contribution < 1.29 is 46.1 Å². The molecule has 0 unspecified atom stereocenters. The Morgan fingerprint density at radius 2 is 1.68 bits per heavy atom. The van der Waals surface area contributed by atoms with Crippen molar-refractivity contribution in [3.63, 3.8) is 0 Å². The molecule has 3 aliphatic rings. The molecule has 4 rings (SSSR count). The predicted octanol–water partition coefficient (Wildman–Crippen LogP) is 3.50. The number of aromatic nitrogens is 2. The second kappa shape index (κ2) is 9.26. The molecule has 3 heterocycles. The van der Waals surface area contributed by atoms with Gasteiger partial charge >= 0.3 is 18.4 Å². The molecule has 37 heavy (non-hydrogen) atoms. The Hall–Kier alpha value is -2.68. The number of likely N-dealkylation sites (tertiary alicyclic amines) is 1. The molecule has 1 aromatic heterocycles. The fraction of sp³-hybridized carbons (Fsp3) is 0.727. The summed E-state index contributed by atoms with van der Waals surface area (Å²) in [7, 11) is 0. The Balaban J connectivity index is 1.36. The summed E-state index contributed by atoms with van der Waals surface area (Å²) in [6.07, 6.45) is -13.9. The van der Waals surface area contributed by atoms with E-state index >= 15 is 0 Å². The molecule has 2 aliphatic heterocycles. The zero-order valence-electron chi connectivity index (χ0n) is 20.3. The van der Waals surface area contributed by atoms with Gasteiger partial charge in [-0.3, -0.25) is 4.90 Å². The van der Waals surface area contributed by atoms with E-state index in [0.29, 0.717) is 49.7 Å². The lowest BCUT2D eigenvalue weighted by Gasteiger charge is -2.40. The van der Waals surface area contributed by atoms with Crippen LogP contribution in [-0.4, -0.2) is 85.0 Å². The summed E-state index contributed by atoms with van der Waals surface area (Å²) in [4.78, 5) is 19.3. The average molecular weight is 541 g/mol. The van der Waals surface area contributed by atoms with Crippen LogP contribution in [0, 0.1) is 0 Å². The van der Waals surface area contributed by atoms with Crippen LogP contribution in [0.1, 0.15) is 51.0 Å². The molecule has 1 amide bonds.